The molecule has 1 atom stereocenters. The molecule has 20 heavy (non-hydrogen) atoms. The zero-order chi connectivity index (χ0) is 14.8. The third-order valence-corrected chi connectivity index (χ3v) is 3.03. The molecule has 5 nitrogen and oxygen atoms in total. The molecule has 0 aliphatic carbocycles. The molecule has 1 aliphatic heterocycles. The Hall–Kier alpha value is -2.18. The summed E-state index contributed by atoms with van der Waals surface area (Å²) in [5, 5.41) is 10.7. The Kier molecular flexibility index (Phi) is 3.87. The fraction of sp³-hybridized carbons (Fsp3) is 0.385. The zero-order valence-corrected chi connectivity index (χ0v) is 10.4. The number of ether oxygens (including phenoxy) is 1. The molecule has 0 saturated carbocycles. The van der Waals surface area contributed by atoms with Crippen molar-refractivity contribution in [1.82, 2.24) is 4.90 Å². The first-order chi connectivity index (χ1) is 9.39. The maximum Gasteiger partial charge on any atom is 0.330 e. The van der Waals surface area contributed by atoms with Crippen LogP contribution in [0.3, 0.4) is 0 Å². The summed E-state index contributed by atoms with van der Waals surface area (Å²) in [6.45, 7) is -0.562. The third-order valence-electron chi connectivity index (χ3n) is 3.03. The molecule has 0 bridgehead atoms. The Morgan fingerprint density at radius 2 is 2.05 bits per heavy atom. The first-order valence-corrected chi connectivity index (χ1v) is 5.95. The lowest BCUT2D eigenvalue weighted by Gasteiger charge is -2.26. The van der Waals surface area contributed by atoms with Crippen LogP contribution in [-0.2, 0) is 16.0 Å². The van der Waals surface area contributed by atoms with Gasteiger partial charge in [-0.15, -0.1) is 0 Å². The molecule has 1 fully saturated rings. The van der Waals surface area contributed by atoms with Crippen LogP contribution < -0.4 is 5.11 Å². The second-order valence-electron chi connectivity index (χ2n) is 4.57. The predicted octanol–water partition coefficient (Wildman–Crippen LogP) is 0.783. The van der Waals surface area contributed by atoms with Crippen LogP contribution in [0.15, 0.2) is 30.3 Å². The monoisotopic (exact) mass is 284 g/mol. The van der Waals surface area contributed by atoms with E-state index in [1.54, 1.807) is 18.2 Å². The maximum absolute atomic E-state index is 13.9. The van der Waals surface area contributed by atoms with E-state index in [2.05, 4.69) is 4.74 Å². The highest BCUT2D eigenvalue weighted by Crippen LogP contribution is 2.29. The zero-order valence-electron chi connectivity index (χ0n) is 10.4. The van der Waals surface area contributed by atoms with Gasteiger partial charge in [-0.05, 0) is 5.56 Å². The van der Waals surface area contributed by atoms with Crippen molar-refractivity contribution in [2.24, 2.45) is 0 Å². The largest absolute Gasteiger partial charge is 0.530 e. The molecule has 1 amide bonds. The predicted molar refractivity (Wildman–Crippen MR) is 61.7 cm³/mol. The van der Waals surface area contributed by atoms with Crippen LogP contribution in [0.2, 0.25) is 0 Å². The number of benzene rings is 1. The molecule has 7 heteroatoms. The van der Waals surface area contributed by atoms with Crippen molar-refractivity contribution in [3.05, 3.63) is 35.9 Å². The van der Waals surface area contributed by atoms with Gasteiger partial charge in [-0.25, -0.2) is 13.6 Å². The van der Waals surface area contributed by atoms with Crippen molar-refractivity contribution in [3.63, 3.8) is 0 Å². The quantitative estimate of drug-likeness (QED) is 0.766. The number of esters is 1. The van der Waals surface area contributed by atoms with Gasteiger partial charge in [0.15, 0.2) is 6.73 Å². The van der Waals surface area contributed by atoms with E-state index in [0.717, 1.165) is 0 Å². The van der Waals surface area contributed by atoms with E-state index in [1.165, 1.54) is 12.1 Å². The molecule has 1 heterocycles. The lowest BCUT2D eigenvalue weighted by atomic mass is 10.0. The van der Waals surface area contributed by atoms with Gasteiger partial charge >= 0.3 is 5.97 Å². The number of carboxylic acid groups (broad SMARTS) is 1. The van der Waals surface area contributed by atoms with Crippen molar-refractivity contribution < 1.29 is 28.2 Å². The van der Waals surface area contributed by atoms with Gasteiger partial charge in [0.2, 0.25) is 0 Å². The molecule has 1 aromatic carbocycles. The van der Waals surface area contributed by atoms with E-state index in [-0.39, 0.29) is 0 Å². The number of rotatable bonds is 4. The molecule has 1 saturated heterocycles. The standard InChI is InChI=1S/C13H13F2NO4/c14-13(15,6-9-4-2-1-3-5-9)7-10-11(17)20-8-16(10)12(18)19/h1-5,10H,6-8H2,(H,18,19)/p-1/t10-/m0/s1. The van der Waals surface area contributed by atoms with Crippen molar-refractivity contribution in [1.29, 1.82) is 0 Å². The molecular weight excluding hydrogens is 272 g/mol. The highest BCUT2D eigenvalue weighted by atomic mass is 19.3. The van der Waals surface area contributed by atoms with Crippen LogP contribution in [0.4, 0.5) is 13.6 Å². The summed E-state index contributed by atoms with van der Waals surface area (Å²) in [5.41, 5.74) is 0.406. The first-order valence-electron chi connectivity index (χ1n) is 5.95. The third kappa shape index (κ3) is 3.23. The number of nitrogens with zero attached hydrogens (tertiary/aromatic N) is 1. The van der Waals surface area contributed by atoms with E-state index in [0.29, 0.717) is 10.5 Å². The molecule has 0 unspecified atom stereocenters. The summed E-state index contributed by atoms with van der Waals surface area (Å²) in [4.78, 5) is 22.5. The molecule has 2 rings (SSSR count). The van der Waals surface area contributed by atoms with Crippen LogP contribution in [0.1, 0.15) is 12.0 Å². The molecule has 0 spiro atoms. The molecule has 0 aromatic heterocycles. The van der Waals surface area contributed by atoms with Gasteiger partial charge in [0.1, 0.15) is 12.1 Å². The van der Waals surface area contributed by atoms with Crippen molar-refractivity contribution in [2.45, 2.75) is 24.8 Å². The Morgan fingerprint density at radius 1 is 1.40 bits per heavy atom. The number of hydrogen-bond donors (Lipinski definition) is 0. The molecule has 0 radical (unpaired) electrons. The minimum Gasteiger partial charge on any atom is -0.530 e. The van der Waals surface area contributed by atoms with Gasteiger partial charge < -0.3 is 19.5 Å². The van der Waals surface area contributed by atoms with Gasteiger partial charge in [0.25, 0.3) is 5.92 Å². The summed E-state index contributed by atoms with van der Waals surface area (Å²) < 4.78 is 32.3. The number of hydrogen-bond acceptors (Lipinski definition) is 4. The van der Waals surface area contributed by atoms with Gasteiger partial charge in [-0.2, -0.15) is 0 Å². The second-order valence-corrected chi connectivity index (χ2v) is 4.57. The molecule has 1 aliphatic rings. The minimum atomic E-state index is -3.22. The molecule has 1 aromatic rings. The SMILES string of the molecule is O=C1OCN(C(=O)[O-])[C@H]1CC(F)(F)Cc1ccccc1. The molecular formula is C13H12F2NO4-. The Morgan fingerprint density at radius 3 is 2.65 bits per heavy atom. The summed E-state index contributed by atoms with van der Waals surface area (Å²) in [6, 6.07) is 6.52. The molecule has 0 N–H and O–H groups in total. The molecule has 108 valence electrons. The van der Waals surface area contributed by atoms with Gasteiger partial charge in [0.05, 0.1) is 0 Å². The van der Waals surface area contributed by atoms with Crippen molar-refractivity contribution in [2.75, 3.05) is 6.73 Å². The summed E-state index contributed by atoms with van der Waals surface area (Å²) >= 11 is 0. The number of cyclic esters (lactones) is 1. The van der Waals surface area contributed by atoms with Crippen molar-refractivity contribution in [3.8, 4) is 0 Å². The lowest BCUT2D eigenvalue weighted by molar-refractivity contribution is -0.268. The summed E-state index contributed by atoms with van der Waals surface area (Å²) in [7, 11) is 0. The van der Waals surface area contributed by atoms with Gasteiger partial charge in [0, 0.05) is 12.8 Å². The average Bonchev–Trinajstić information content (AvgIpc) is 2.71. The highest BCUT2D eigenvalue weighted by Gasteiger charge is 2.43. The smallest absolute Gasteiger partial charge is 0.330 e. The Balaban J connectivity index is 2.07. The topological polar surface area (TPSA) is 69.7 Å². The number of halogens is 2. The summed E-state index contributed by atoms with van der Waals surface area (Å²) in [5.74, 6) is -4.19. The van der Waals surface area contributed by atoms with Crippen LogP contribution in [-0.4, -0.2) is 35.7 Å². The first kappa shape index (κ1) is 14.2. The minimum absolute atomic E-state index is 0.406. The number of amides is 1. The summed E-state index contributed by atoms with van der Waals surface area (Å²) in [6.07, 6.45) is -3.19. The second kappa shape index (κ2) is 5.44. The van der Waals surface area contributed by atoms with Crippen molar-refractivity contribution >= 4 is 12.1 Å². The van der Waals surface area contributed by atoms with E-state index in [9.17, 15) is 23.5 Å². The number of carbonyl (C=O) groups excluding carboxylic acids is 2. The fourth-order valence-electron chi connectivity index (χ4n) is 2.07. The Labute approximate surface area is 113 Å². The average molecular weight is 284 g/mol. The van der Waals surface area contributed by atoms with E-state index >= 15 is 0 Å². The van der Waals surface area contributed by atoms with E-state index < -0.39 is 43.6 Å². The highest BCUT2D eigenvalue weighted by molar-refractivity contribution is 5.82. The van der Waals surface area contributed by atoms with Crippen LogP contribution >= 0.6 is 0 Å². The lowest BCUT2D eigenvalue weighted by Crippen LogP contribution is -2.47. The van der Waals surface area contributed by atoms with Gasteiger partial charge in [-0.3, -0.25) is 0 Å². The fourth-order valence-corrected chi connectivity index (χ4v) is 2.07. The van der Waals surface area contributed by atoms with Crippen LogP contribution in [0.5, 0.6) is 0 Å². The Bertz CT molecular complexity index is 506. The van der Waals surface area contributed by atoms with E-state index in [1.807, 2.05) is 0 Å². The maximum atomic E-state index is 13.9. The van der Waals surface area contributed by atoms with E-state index in [4.69, 9.17) is 0 Å². The normalized spacial score (nSPS) is 19.0. The van der Waals surface area contributed by atoms with Crippen LogP contribution in [0, 0.1) is 0 Å². The number of alkyl halides is 2. The van der Waals surface area contributed by atoms with Crippen LogP contribution in [0.25, 0.3) is 0 Å². The number of carbonyl (C=O) groups is 2. The van der Waals surface area contributed by atoms with Gasteiger partial charge in [-0.1, -0.05) is 30.3 Å².